The van der Waals surface area contributed by atoms with Crippen LogP contribution in [0, 0.1) is 0 Å². The Morgan fingerprint density at radius 2 is 1.65 bits per heavy atom. The van der Waals surface area contributed by atoms with E-state index in [9.17, 15) is 0 Å². The molecule has 2 rings (SSSR count). The van der Waals surface area contributed by atoms with Crippen molar-refractivity contribution in [1.29, 1.82) is 0 Å². The number of unbranched alkanes of at least 4 members (excludes halogenated alkanes) is 6. The van der Waals surface area contributed by atoms with Crippen LogP contribution in [-0.2, 0) is 6.42 Å². The first-order valence-electron chi connectivity index (χ1n) is 10.0. The molecule has 26 heavy (non-hydrogen) atoms. The van der Waals surface area contributed by atoms with E-state index in [1.807, 2.05) is 12.1 Å². The monoisotopic (exact) mass is 372 g/mol. The predicted molar refractivity (Wildman–Crippen MR) is 112 cm³/mol. The summed E-state index contributed by atoms with van der Waals surface area (Å²) in [5, 5.41) is 10.9. The van der Waals surface area contributed by atoms with E-state index in [2.05, 4.69) is 48.3 Å². The second-order valence-electron chi connectivity index (χ2n) is 6.61. The van der Waals surface area contributed by atoms with E-state index < -0.39 is 0 Å². The van der Waals surface area contributed by atoms with Crippen LogP contribution < -0.4 is 4.74 Å². The summed E-state index contributed by atoms with van der Waals surface area (Å²) in [6.07, 6.45) is 15.5. The van der Waals surface area contributed by atoms with Crippen LogP contribution >= 0.6 is 11.3 Å². The number of benzene rings is 1. The van der Waals surface area contributed by atoms with Gasteiger partial charge in [-0.25, -0.2) is 0 Å². The van der Waals surface area contributed by atoms with Crippen molar-refractivity contribution in [3.05, 3.63) is 41.4 Å². The molecule has 4 heteroatoms. The molecule has 0 saturated heterocycles. The quantitative estimate of drug-likeness (QED) is 0.285. The van der Waals surface area contributed by atoms with Gasteiger partial charge in [0.15, 0.2) is 0 Å². The summed E-state index contributed by atoms with van der Waals surface area (Å²) in [6, 6.07) is 8.16. The molecule has 0 bridgehead atoms. The molecule has 0 N–H and O–H groups in total. The van der Waals surface area contributed by atoms with Gasteiger partial charge < -0.3 is 4.74 Å². The number of allylic oxidation sites excluding steroid dienone is 1. The normalized spacial score (nSPS) is 11.3. The SMILES string of the molecule is CCCC=CCOc1ccc(-c2nnc(CCCCCCCC)s2)cc1. The molecule has 142 valence electrons. The Balaban J connectivity index is 1.75. The Bertz CT molecular complexity index is 634. The third kappa shape index (κ3) is 7.69. The minimum atomic E-state index is 0.626. The smallest absolute Gasteiger partial charge is 0.147 e. The molecule has 0 atom stereocenters. The molecule has 0 amide bonds. The molecule has 1 aromatic carbocycles. The van der Waals surface area contributed by atoms with Gasteiger partial charge >= 0.3 is 0 Å². The van der Waals surface area contributed by atoms with Crippen LogP contribution in [-0.4, -0.2) is 16.8 Å². The maximum absolute atomic E-state index is 5.72. The van der Waals surface area contributed by atoms with E-state index in [0.717, 1.165) is 34.2 Å². The number of rotatable bonds is 13. The Morgan fingerprint density at radius 3 is 2.42 bits per heavy atom. The van der Waals surface area contributed by atoms with Gasteiger partial charge in [0.25, 0.3) is 0 Å². The van der Waals surface area contributed by atoms with E-state index >= 15 is 0 Å². The minimum absolute atomic E-state index is 0.626. The summed E-state index contributed by atoms with van der Waals surface area (Å²) in [5.41, 5.74) is 1.12. The molecule has 3 nitrogen and oxygen atoms in total. The molecule has 0 saturated carbocycles. The van der Waals surface area contributed by atoms with Crippen molar-refractivity contribution in [3.63, 3.8) is 0 Å². The summed E-state index contributed by atoms with van der Waals surface area (Å²) >= 11 is 1.71. The van der Waals surface area contributed by atoms with Gasteiger partial charge in [-0.05, 0) is 37.1 Å². The van der Waals surface area contributed by atoms with Gasteiger partial charge in [-0.15, -0.1) is 10.2 Å². The molecule has 0 spiro atoms. The van der Waals surface area contributed by atoms with Crippen LogP contribution in [0.15, 0.2) is 36.4 Å². The van der Waals surface area contributed by atoms with Gasteiger partial charge in [-0.3, -0.25) is 0 Å². The van der Waals surface area contributed by atoms with Gasteiger partial charge in [0.05, 0.1) is 0 Å². The van der Waals surface area contributed by atoms with Gasteiger partial charge in [0, 0.05) is 12.0 Å². The highest BCUT2D eigenvalue weighted by molar-refractivity contribution is 7.14. The second kappa shape index (κ2) is 12.6. The lowest BCUT2D eigenvalue weighted by Crippen LogP contribution is -1.92. The zero-order valence-electron chi connectivity index (χ0n) is 16.2. The van der Waals surface area contributed by atoms with Crippen molar-refractivity contribution < 1.29 is 4.74 Å². The van der Waals surface area contributed by atoms with E-state index in [0.29, 0.717) is 6.61 Å². The molecule has 1 heterocycles. The molecule has 0 aliphatic heterocycles. The van der Waals surface area contributed by atoms with E-state index in [4.69, 9.17) is 4.74 Å². The fourth-order valence-electron chi connectivity index (χ4n) is 2.72. The van der Waals surface area contributed by atoms with Crippen LogP contribution in [0.1, 0.15) is 70.2 Å². The fourth-order valence-corrected chi connectivity index (χ4v) is 3.61. The van der Waals surface area contributed by atoms with Crippen LogP contribution in [0.25, 0.3) is 10.6 Å². The van der Waals surface area contributed by atoms with Gasteiger partial charge in [0.2, 0.25) is 0 Å². The molecule has 0 fully saturated rings. The summed E-state index contributed by atoms with van der Waals surface area (Å²) < 4.78 is 5.72. The van der Waals surface area contributed by atoms with Crippen molar-refractivity contribution in [2.24, 2.45) is 0 Å². The maximum Gasteiger partial charge on any atom is 0.147 e. The topological polar surface area (TPSA) is 35.0 Å². The van der Waals surface area contributed by atoms with Gasteiger partial charge in [0.1, 0.15) is 22.4 Å². The van der Waals surface area contributed by atoms with Crippen LogP contribution in [0.5, 0.6) is 5.75 Å². The number of hydrogen-bond donors (Lipinski definition) is 0. The standard InChI is InChI=1S/C22H32N2OS/c1-3-5-7-9-10-11-13-21-23-24-22(26-21)19-14-16-20(17-15-19)25-18-12-8-6-4-2/h8,12,14-17H,3-7,9-11,13,18H2,1-2H3. The summed E-state index contributed by atoms with van der Waals surface area (Å²) in [5.74, 6) is 0.895. The summed E-state index contributed by atoms with van der Waals surface area (Å²) in [4.78, 5) is 0. The molecule has 0 aliphatic rings. The van der Waals surface area contributed by atoms with Crippen molar-refractivity contribution in [1.82, 2.24) is 10.2 Å². The molecular formula is C22H32N2OS. The van der Waals surface area contributed by atoms with Crippen LogP contribution in [0.2, 0.25) is 0 Å². The lowest BCUT2D eigenvalue weighted by molar-refractivity contribution is 0.362. The lowest BCUT2D eigenvalue weighted by Gasteiger charge is -2.03. The van der Waals surface area contributed by atoms with Gasteiger partial charge in [-0.2, -0.15) is 0 Å². The molecular weight excluding hydrogens is 340 g/mol. The summed E-state index contributed by atoms with van der Waals surface area (Å²) in [7, 11) is 0. The van der Waals surface area contributed by atoms with Crippen LogP contribution in [0.3, 0.4) is 0 Å². The highest BCUT2D eigenvalue weighted by atomic mass is 32.1. The zero-order chi connectivity index (χ0) is 18.5. The van der Waals surface area contributed by atoms with Crippen molar-refractivity contribution in [3.8, 4) is 16.3 Å². The fraction of sp³-hybridized carbons (Fsp3) is 0.545. The number of hydrogen-bond acceptors (Lipinski definition) is 4. The number of nitrogens with zero attached hydrogens (tertiary/aromatic N) is 2. The molecule has 0 unspecified atom stereocenters. The van der Waals surface area contributed by atoms with Gasteiger partial charge in [-0.1, -0.05) is 75.9 Å². The van der Waals surface area contributed by atoms with Crippen molar-refractivity contribution >= 4 is 11.3 Å². The average Bonchev–Trinajstić information content (AvgIpc) is 3.14. The first-order valence-corrected chi connectivity index (χ1v) is 10.9. The first kappa shape index (κ1) is 20.6. The third-order valence-corrected chi connectivity index (χ3v) is 5.31. The number of aromatic nitrogens is 2. The maximum atomic E-state index is 5.72. The number of aryl methyl sites for hydroxylation is 1. The van der Waals surface area contributed by atoms with Crippen LogP contribution in [0.4, 0.5) is 0 Å². The molecule has 2 aromatic rings. The average molecular weight is 373 g/mol. The van der Waals surface area contributed by atoms with E-state index in [-0.39, 0.29) is 0 Å². The Kier molecular flexibility index (Phi) is 10.0. The molecule has 0 aliphatic carbocycles. The minimum Gasteiger partial charge on any atom is -0.490 e. The molecule has 0 radical (unpaired) electrons. The highest BCUT2D eigenvalue weighted by Gasteiger charge is 2.07. The largest absolute Gasteiger partial charge is 0.490 e. The molecule has 1 aromatic heterocycles. The second-order valence-corrected chi connectivity index (χ2v) is 7.68. The lowest BCUT2D eigenvalue weighted by atomic mass is 10.1. The zero-order valence-corrected chi connectivity index (χ0v) is 17.1. The Morgan fingerprint density at radius 1 is 0.885 bits per heavy atom. The Hall–Kier alpha value is -1.68. The van der Waals surface area contributed by atoms with E-state index in [1.54, 1.807) is 11.3 Å². The van der Waals surface area contributed by atoms with Crippen molar-refractivity contribution in [2.75, 3.05) is 6.61 Å². The highest BCUT2D eigenvalue weighted by Crippen LogP contribution is 2.26. The first-order chi connectivity index (χ1) is 12.8. The number of ether oxygens (including phenoxy) is 1. The van der Waals surface area contributed by atoms with E-state index in [1.165, 1.54) is 44.9 Å². The summed E-state index contributed by atoms with van der Waals surface area (Å²) in [6.45, 7) is 5.06. The van der Waals surface area contributed by atoms with Crippen molar-refractivity contribution in [2.45, 2.75) is 71.6 Å². The predicted octanol–water partition coefficient (Wildman–Crippen LogP) is 6.84. The Labute approximate surface area is 162 Å². The third-order valence-electron chi connectivity index (χ3n) is 4.28.